The molecule has 0 saturated carbocycles. The van der Waals surface area contributed by atoms with Gasteiger partial charge in [0.25, 0.3) is 0 Å². The predicted octanol–water partition coefficient (Wildman–Crippen LogP) is 0.0915. The van der Waals surface area contributed by atoms with E-state index >= 15 is 4.39 Å². The molecule has 3 aliphatic heterocycles. The quantitative estimate of drug-likeness (QED) is 0.0665. The molecule has 66 heavy (non-hydrogen) atoms. The molecule has 3 fully saturated rings. The molecule has 23 heteroatoms. The van der Waals surface area contributed by atoms with Gasteiger partial charge in [-0.3, -0.25) is 62.9 Å². The highest BCUT2D eigenvalue weighted by Crippen LogP contribution is 2.23. The number of aliphatic carboxylic acids is 2. The van der Waals surface area contributed by atoms with Crippen LogP contribution in [0.3, 0.4) is 0 Å². The Morgan fingerprint density at radius 3 is 2.17 bits per heavy atom. The Labute approximate surface area is 387 Å². The second kappa shape index (κ2) is 26.2. The lowest BCUT2D eigenvalue weighted by Crippen LogP contribution is -2.51. The number of urea groups is 1. The molecule has 0 aromatic heterocycles. The first kappa shape index (κ1) is 53.4. The number of nitrogens with zero attached hydrogens (tertiary/aromatic N) is 5. The number of hydrogen-bond acceptors (Lipinski definition) is 15. The molecule has 366 valence electrons. The molecule has 0 spiro atoms. The summed E-state index contributed by atoms with van der Waals surface area (Å²) in [5.41, 5.74) is 0.178. The molecule has 3 aliphatic rings. The number of thioether (sulfide) groups is 1. The number of anilines is 1. The smallest absolute Gasteiger partial charge is 0.321 e. The van der Waals surface area contributed by atoms with E-state index in [0.29, 0.717) is 24.3 Å². The van der Waals surface area contributed by atoms with Crippen molar-refractivity contribution in [3.05, 3.63) is 29.6 Å². The Kier molecular flexibility index (Phi) is 21.2. The number of benzene rings is 1. The summed E-state index contributed by atoms with van der Waals surface area (Å²) < 4.78 is 20.9. The molecule has 1 aromatic rings. The van der Waals surface area contributed by atoms with Crippen LogP contribution in [0.5, 0.6) is 0 Å². The molecule has 2 unspecified atom stereocenters. The van der Waals surface area contributed by atoms with Gasteiger partial charge in [-0.05, 0) is 42.0 Å². The van der Waals surface area contributed by atoms with E-state index in [-0.39, 0.29) is 134 Å². The lowest BCUT2D eigenvalue weighted by atomic mass is 9.85. The third-order valence-corrected chi connectivity index (χ3v) is 12.6. The van der Waals surface area contributed by atoms with E-state index in [9.17, 15) is 53.4 Å². The average molecular weight is 950 g/mol. The summed E-state index contributed by atoms with van der Waals surface area (Å²) >= 11 is 1.46. The fourth-order valence-corrected chi connectivity index (χ4v) is 8.39. The molecule has 6 N–H and O–H groups in total. The number of carbonyl (C=O) groups excluding carboxylic acids is 7. The summed E-state index contributed by atoms with van der Waals surface area (Å²) in [6, 6.07) is 2.12. The molecule has 3 heterocycles. The number of carboxylic acids is 2. The molecule has 0 bridgehead atoms. The summed E-state index contributed by atoms with van der Waals surface area (Å²) in [7, 11) is 0. The molecule has 3 saturated heterocycles. The fourth-order valence-electron chi connectivity index (χ4n) is 7.92. The summed E-state index contributed by atoms with van der Waals surface area (Å²) in [5, 5.41) is 29.5. The van der Waals surface area contributed by atoms with Crippen LogP contribution in [0, 0.1) is 23.6 Å². The highest BCUT2D eigenvalue weighted by Gasteiger charge is 2.37. The van der Waals surface area contributed by atoms with E-state index in [1.807, 2.05) is 20.1 Å². The average Bonchev–Trinajstić information content (AvgIpc) is 3.73. The van der Waals surface area contributed by atoms with Crippen molar-refractivity contribution < 1.29 is 62.5 Å². The predicted molar refractivity (Wildman–Crippen MR) is 239 cm³/mol. The Morgan fingerprint density at radius 1 is 0.924 bits per heavy atom. The summed E-state index contributed by atoms with van der Waals surface area (Å²) in [5.74, 6) is -6.08. The molecule has 0 radical (unpaired) electrons. The second-order valence-corrected chi connectivity index (χ2v) is 17.9. The number of carboxylic acid groups (broad SMARTS) is 2. The molecular weight excluding hydrogens is 886 g/mol. The van der Waals surface area contributed by atoms with Crippen molar-refractivity contribution in [2.75, 3.05) is 102 Å². The number of hydrogen-bond donors (Lipinski definition) is 6. The first-order valence-corrected chi connectivity index (χ1v) is 23.6. The van der Waals surface area contributed by atoms with Gasteiger partial charge < -0.3 is 36.2 Å². The van der Waals surface area contributed by atoms with Crippen LogP contribution in [-0.4, -0.2) is 197 Å². The number of halogens is 1. The fraction of sp³-hybridized carbons (Fsp3) is 0.651. The normalized spacial score (nSPS) is 20.6. The molecule has 1 aromatic carbocycles. The minimum absolute atomic E-state index is 0.0124. The molecule has 5 atom stereocenters. The lowest BCUT2D eigenvalue weighted by molar-refractivity contribution is -0.143. The van der Waals surface area contributed by atoms with Crippen molar-refractivity contribution in [1.29, 1.82) is 0 Å². The Balaban J connectivity index is 1.33. The van der Waals surface area contributed by atoms with Gasteiger partial charge in [-0.2, -0.15) is 11.8 Å². The largest absolute Gasteiger partial charge is 0.480 e. The van der Waals surface area contributed by atoms with Crippen molar-refractivity contribution in [1.82, 2.24) is 40.4 Å². The number of carbonyl (C=O) groups is 9. The minimum atomic E-state index is -1.07. The van der Waals surface area contributed by atoms with E-state index < -0.39 is 65.7 Å². The van der Waals surface area contributed by atoms with E-state index in [0.717, 1.165) is 11.0 Å². The van der Waals surface area contributed by atoms with Crippen LogP contribution >= 0.6 is 11.8 Å². The highest BCUT2D eigenvalue weighted by molar-refractivity contribution is 7.98. The molecule has 6 amide bonds. The van der Waals surface area contributed by atoms with Crippen molar-refractivity contribution in [3.63, 3.8) is 0 Å². The Morgan fingerprint density at radius 2 is 1.58 bits per heavy atom. The van der Waals surface area contributed by atoms with Crippen LogP contribution in [0.15, 0.2) is 18.2 Å². The zero-order valence-corrected chi connectivity index (χ0v) is 38.9. The molecule has 21 nitrogen and oxygen atoms in total. The summed E-state index contributed by atoms with van der Waals surface area (Å²) in [6.45, 7) is 6.25. The number of ketones is 1. The van der Waals surface area contributed by atoms with Gasteiger partial charge in [0.1, 0.15) is 5.82 Å². The van der Waals surface area contributed by atoms with Gasteiger partial charge in [-0.15, -0.1) is 0 Å². The van der Waals surface area contributed by atoms with Crippen LogP contribution in [0.25, 0.3) is 0 Å². The molecular formula is C43H64FN9O12S. The SMILES string of the molecule is CC[C@H](C)[C@H](CC(=O)[C@H](CCSC)NC(=O)Nc1ccc(CNC(=O)CN2CCN(CC(=O)O)CCN(CC(=O)O)CCN3CC(=O)OC3C2)cc1F)C(=O)NCCN1C(=O)CC(C)C1=O. The maximum atomic E-state index is 15.4. The third-order valence-electron chi connectivity index (χ3n) is 11.9. The first-order chi connectivity index (χ1) is 31.4. The zero-order valence-electron chi connectivity index (χ0n) is 38.1. The number of rotatable bonds is 22. The summed E-state index contributed by atoms with van der Waals surface area (Å²) in [6.07, 6.45) is 1.88. The van der Waals surface area contributed by atoms with E-state index in [1.165, 1.54) is 23.9 Å². The van der Waals surface area contributed by atoms with Crippen LogP contribution in [0.2, 0.25) is 0 Å². The number of likely N-dealkylation sites (tertiary alicyclic amines) is 1. The molecule has 0 aliphatic carbocycles. The van der Waals surface area contributed by atoms with E-state index in [1.54, 1.807) is 26.5 Å². The van der Waals surface area contributed by atoms with Gasteiger partial charge in [0.05, 0.1) is 44.5 Å². The van der Waals surface area contributed by atoms with Crippen molar-refractivity contribution in [2.45, 2.75) is 65.3 Å². The maximum absolute atomic E-state index is 15.4. The van der Waals surface area contributed by atoms with Crippen LogP contribution in [0.4, 0.5) is 14.9 Å². The number of amides is 6. The number of nitrogens with one attached hydrogen (secondary N) is 4. The van der Waals surface area contributed by atoms with Gasteiger partial charge in [-0.25, -0.2) is 9.18 Å². The molecule has 4 rings (SSSR count). The van der Waals surface area contributed by atoms with Gasteiger partial charge >= 0.3 is 23.9 Å². The number of imide groups is 1. The first-order valence-electron chi connectivity index (χ1n) is 22.2. The van der Waals surface area contributed by atoms with Crippen LogP contribution in [-0.2, 0) is 49.6 Å². The van der Waals surface area contributed by atoms with E-state index in [4.69, 9.17) is 4.74 Å². The second-order valence-electron chi connectivity index (χ2n) is 17.0. The van der Waals surface area contributed by atoms with Crippen LogP contribution in [0.1, 0.15) is 52.0 Å². The number of ether oxygens (including phenoxy) is 1. The number of fused-ring (bicyclic) bond motifs is 1. The van der Waals surface area contributed by atoms with Crippen LogP contribution < -0.4 is 21.3 Å². The van der Waals surface area contributed by atoms with Gasteiger partial charge in [0.2, 0.25) is 23.6 Å². The standard InChI is InChI=1S/C43H64FN9O12S/c1-5-27(2)30(41(62)45-9-10-53-36(56)18-28(3)42(53)63)20-34(54)33(8-17-66-4)48-43(64)47-32-7-6-29(19-31(32)44)21-46-35(55)22-51-14-13-49(24-38(57)58)11-12-50(25-39(59)60)15-16-52-26-40(61)65-37(52)23-51/h6-7,19,27-28,30,33,37H,5,8-18,20-26H2,1-4H3,(H,45,62)(H,46,55)(H,57,58)(H,59,60)(H2,47,48,64)/t27-,28?,30-,33-,37?/m0/s1. The highest BCUT2D eigenvalue weighted by atomic mass is 32.2. The third kappa shape index (κ3) is 16.9. The monoisotopic (exact) mass is 949 g/mol. The van der Waals surface area contributed by atoms with Crippen molar-refractivity contribution in [2.24, 2.45) is 17.8 Å². The van der Waals surface area contributed by atoms with Gasteiger partial charge in [0.15, 0.2) is 12.0 Å². The topological polar surface area (TPSA) is 268 Å². The van der Waals surface area contributed by atoms with Crippen molar-refractivity contribution in [3.8, 4) is 0 Å². The Bertz CT molecular complexity index is 1930. The lowest BCUT2D eigenvalue weighted by Gasteiger charge is -2.33. The summed E-state index contributed by atoms with van der Waals surface area (Å²) in [4.78, 5) is 121. The zero-order chi connectivity index (χ0) is 48.5. The minimum Gasteiger partial charge on any atom is -0.480 e. The van der Waals surface area contributed by atoms with Crippen molar-refractivity contribution >= 4 is 70.8 Å². The Hall–Kier alpha value is -5.23. The number of esters is 1. The van der Waals surface area contributed by atoms with E-state index in [2.05, 4.69) is 21.3 Å². The van der Waals surface area contributed by atoms with Gasteiger partial charge in [-0.1, -0.05) is 33.3 Å². The number of Topliss-reactive ketones (excluding diaryl/α,β-unsaturated/α-hetero) is 1. The van der Waals surface area contributed by atoms with Gasteiger partial charge in [0, 0.05) is 83.6 Å². The maximum Gasteiger partial charge on any atom is 0.321 e.